The summed E-state index contributed by atoms with van der Waals surface area (Å²) in [7, 11) is 0. The van der Waals surface area contributed by atoms with Crippen LogP contribution in [0, 0.1) is 12.8 Å². The lowest BCUT2D eigenvalue weighted by Crippen LogP contribution is -2.35. The number of hydrogen-bond donors (Lipinski definition) is 1. The second kappa shape index (κ2) is 13.8. The summed E-state index contributed by atoms with van der Waals surface area (Å²) in [6.07, 6.45) is 0.917. The van der Waals surface area contributed by atoms with E-state index in [1.807, 2.05) is 37.3 Å². The first kappa shape index (κ1) is 29.5. The molecule has 0 radical (unpaired) electrons. The summed E-state index contributed by atoms with van der Waals surface area (Å²) in [4.78, 5) is 15.6. The van der Waals surface area contributed by atoms with Crippen molar-refractivity contribution in [3.8, 4) is 28.2 Å². The van der Waals surface area contributed by atoms with Gasteiger partial charge in [-0.15, -0.1) is 0 Å². The molecular weight excluding hydrogens is 526 g/mol. The lowest BCUT2D eigenvalue weighted by Gasteiger charge is -2.26. The predicted molar refractivity (Wildman–Crippen MR) is 166 cm³/mol. The van der Waals surface area contributed by atoms with E-state index < -0.39 is 0 Å². The monoisotopic (exact) mass is 567 g/mol. The Bertz CT molecular complexity index is 1470. The molecular formula is C35H41N3O4. The molecule has 1 aliphatic heterocycles. The molecule has 7 heteroatoms. The Morgan fingerprint density at radius 1 is 1.02 bits per heavy atom. The molecule has 1 aromatic heterocycles. The molecule has 1 N–H and O–H groups in total. The maximum atomic E-state index is 13.2. The number of rotatable bonds is 11. The Morgan fingerprint density at radius 3 is 2.45 bits per heavy atom. The van der Waals surface area contributed by atoms with Gasteiger partial charge in [0, 0.05) is 26.2 Å². The zero-order chi connectivity index (χ0) is 29.5. The molecule has 42 heavy (non-hydrogen) atoms. The smallest absolute Gasteiger partial charge is 0.274 e. The summed E-state index contributed by atoms with van der Waals surface area (Å²) in [5.41, 5.74) is 7.27. The standard InChI is InChI=1S/C35H41N3O4/c1-5-36-35(39)33-32(28-13-11-26(12-14-28)22-38-15-17-40-18-16-38)34(42-37-33)30-21-29(19-24(2)3)25(4)20-31(30)41-23-27-9-7-6-8-10-27/h6-14,20-21,24H,5,15-19,22-23H2,1-4H3,(H,36,39). The molecule has 0 atom stereocenters. The minimum Gasteiger partial charge on any atom is -0.488 e. The number of amides is 1. The zero-order valence-corrected chi connectivity index (χ0v) is 25.1. The molecule has 1 saturated heterocycles. The molecule has 4 aromatic rings. The highest BCUT2D eigenvalue weighted by molar-refractivity contribution is 6.02. The van der Waals surface area contributed by atoms with Crippen molar-refractivity contribution in [1.82, 2.24) is 15.4 Å². The van der Waals surface area contributed by atoms with Gasteiger partial charge in [0.05, 0.1) is 24.3 Å². The minimum atomic E-state index is -0.263. The number of ether oxygens (including phenoxy) is 2. The Hall–Kier alpha value is -3.94. The molecule has 0 saturated carbocycles. The highest BCUT2D eigenvalue weighted by Crippen LogP contribution is 2.41. The molecule has 0 bridgehead atoms. The Labute approximate surface area is 248 Å². The molecule has 220 valence electrons. The van der Waals surface area contributed by atoms with Crippen LogP contribution >= 0.6 is 0 Å². The first-order chi connectivity index (χ1) is 20.4. The largest absolute Gasteiger partial charge is 0.488 e. The van der Waals surface area contributed by atoms with E-state index in [2.05, 4.69) is 72.5 Å². The fourth-order valence-electron chi connectivity index (χ4n) is 5.35. The average Bonchev–Trinajstić information content (AvgIpc) is 3.44. The van der Waals surface area contributed by atoms with E-state index in [0.717, 1.165) is 61.5 Å². The highest BCUT2D eigenvalue weighted by Gasteiger charge is 2.27. The summed E-state index contributed by atoms with van der Waals surface area (Å²) in [5, 5.41) is 7.21. The zero-order valence-electron chi connectivity index (χ0n) is 25.1. The number of benzene rings is 3. The fraction of sp³-hybridized carbons (Fsp3) is 0.371. The van der Waals surface area contributed by atoms with Crippen molar-refractivity contribution in [1.29, 1.82) is 0 Å². The molecule has 2 heterocycles. The van der Waals surface area contributed by atoms with E-state index in [1.54, 1.807) is 0 Å². The van der Waals surface area contributed by atoms with Gasteiger partial charge in [0.1, 0.15) is 12.4 Å². The van der Waals surface area contributed by atoms with Crippen LogP contribution in [0.1, 0.15) is 53.5 Å². The highest BCUT2D eigenvalue weighted by atomic mass is 16.5. The maximum absolute atomic E-state index is 13.2. The van der Waals surface area contributed by atoms with E-state index >= 15 is 0 Å². The van der Waals surface area contributed by atoms with E-state index in [-0.39, 0.29) is 11.6 Å². The van der Waals surface area contributed by atoms with Crippen molar-refractivity contribution in [3.05, 3.63) is 94.7 Å². The number of nitrogens with zero attached hydrogens (tertiary/aromatic N) is 2. The third kappa shape index (κ3) is 7.09. The van der Waals surface area contributed by atoms with E-state index in [0.29, 0.717) is 36.1 Å². The summed E-state index contributed by atoms with van der Waals surface area (Å²) in [6, 6.07) is 22.7. The fourth-order valence-corrected chi connectivity index (χ4v) is 5.35. The van der Waals surface area contributed by atoms with Gasteiger partial charge in [0.15, 0.2) is 11.5 Å². The topological polar surface area (TPSA) is 76.8 Å². The van der Waals surface area contributed by atoms with Crippen molar-refractivity contribution < 1.29 is 18.8 Å². The molecule has 5 rings (SSSR count). The number of nitrogens with one attached hydrogen (secondary N) is 1. The number of aryl methyl sites for hydroxylation is 1. The van der Waals surface area contributed by atoms with E-state index in [1.165, 1.54) is 11.1 Å². The number of aromatic nitrogens is 1. The van der Waals surface area contributed by atoms with Crippen molar-refractivity contribution in [2.45, 2.75) is 47.3 Å². The molecule has 1 fully saturated rings. The Morgan fingerprint density at radius 2 is 1.76 bits per heavy atom. The Balaban J connectivity index is 1.57. The van der Waals surface area contributed by atoms with Crippen molar-refractivity contribution in [3.63, 3.8) is 0 Å². The molecule has 1 amide bonds. The summed E-state index contributed by atoms with van der Waals surface area (Å²) >= 11 is 0. The number of carbonyl (C=O) groups excluding carboxylic acids is 1. The lowest BCUT2D eigenvalue weighted by atomic mass is 9.92. The Kier molecular flexibility index (Phi) is 9.72. The van der Waals surface area contributed by atoms with Crippen LogP contribution in [0.3, 0.4) is 0 Å². The van der Waals surface area contributed by atoms with Crippen LogP contribution in [0.5, 0.6) is 5.75 Å². The van der Waals surface area contributed by atoms with Crippen molar-refractivity contribution >= 4 is 5.91 Å². The summed E-state index contributed by atoms with van der Waals surface area (Å²) in [6.45, 7) is 13.6. The molecule has 0 unspecified atom stereocenters. The van der Waals surface area contributed by atoms with Gasteiger partial charge in [-0.05, 0) is 66.1 Å². The predicted octanol–water partition coefficient (Wildman–Crippen LogP) is 6.68. The van der Waals surface area contributed by atoms with Gasteiger partial charge in [-0.1, -0.05) is 73.6 Å². The van der Waals surface area contributed by atoms with Gasteiger partial charge in [-0.3, -0.25) is 9.69 Å². The summed E-state index contributed by atoms with van der Waals surface area (Å²) < 4.78 is 18.0. The first-order valence-electron chi connectivity index (χ1n) is 14.9. The van der Waals surface area contributed by atoms with Crippen LogP contribution in [0.25, 0.3) is 22.5 Å². The lowest BCUT2D eigenvalue weighted by molar-refractivity contribution is 0.0342. The van der Waals surface area contributed by atoms with Gasteiger partial charge in [-0.2, -0.15) is 0 Å². The second-order valence-corrected chi connectivity index (χ2v) is 11.3. The van der Waals surface area contributed by atoms with Crippen LogP contribution in [0.4, 0.5) is 0 Å². The van der Waals surface area contributed by atoms with Crippen molar-refractivity contribution in [2.24, 2.45) is 5.92 Å². The van der Waals surface area contributed by atoms with Gasteiger partial charge in [-0.25, -0.2) is 0 Å². The molecule has 0 aliphatic carbocycles. The quantitative estimate of drug-likeness (QED) is 0.218. The third-order valence-electron chi connectivity index (χ3n) is 7.55. The number of carbonyl (C=O) groups is 1. The molecule has 1 aliphatic rings. The van der Waals surface area contributed by atoms with E-state index in [9.17, 15) is 4.79 Å². The molecule has 7 nitrogen and oxygen atoms in total. The van der Waals surface area contributed by atoms with Crippen LogP contribution in [0.15, 0.2) is 71.3 Å². The third-order valence-corrected chi connectivity index (χ3v) is 7.55. The first-order valence-corrected chi connectivity index (χ1v) is 14.9. The van der Waals surface area contributed by atoms with Gasteiger partial charge in [0.2, 0.25) is 0 Å². The maximum Gasteiger partial charge on any atom is 0.274 e. The van der Waals surface area contributed by atoms with E-state index in [4.69, 9.17) is 14.0 Å². The van der Waals surface area contributed by atoms with Gasteiger partial charge >= 0.3 is 0 Å². The van der Waals surface area contributed by atoms with Crippen LogP contribution < -0.4 is 10.1 Å². The average molecular weight is 568 g/mol. The second-order valence-electron chi connectivity index (χ2n) is 11.3. The molecule has 0 spiro atoms. The van der Waals surface area contributed by atoms with Crippen molar-refractivity contribution in [2.75, 3.05) is 32.8 Å². The van der Waals surface area contributed by atoms with Gasteiger partial charge in [0.25, 0.3) is 5.91 Å². The van der Waals surface area contributed by atoms with Gasteiger partial charge < -0.3 is 19.3 Å². The normalized spacial score (nSPS) is 13.8. The SMILES string of the molecule is CCNC(=O)c1noc(-c2cc(CC(C)C)c(C)cc2OCc2ccccc2)c1-c1ccc(CN2CCOCC2)cc1. The van der Waals surface area contributed by atoms with Crippen LogP contribution in [0.2, 0.25) is 0 Å². The number of morpholine rings is 1. The summed E-state index contributed by atoms with van der Waals surface area (Å²) in [5.74, 6) is 1.45. The van der Waals surface area contributed by atoms with Crippen LogP contribution in [-0.2, 0) is 24.3 Å². The molecule has 3 aromatic carbocycles. The number of hydrogen-bond acceptors (Lipinski definition) is 6. The minimum absolute atomic E-state index is 0.263. The van der Waals surface area contributed by atoms with Crippen LogP contribution in [-0.4, -0.2) is 48.8 Å².